The second kappa shape index (κ2) is 6.44. The minimum atomic E-state index is 0.554. The third-order valence-corrected chi connectivity index (χ3v) is 4.28. The van der Waals surface area contributed by atoms with Crippen molar-refractivity contribution < 1.29 is 0 Å². The van der Waals surface area contributed by atoms with E-state index < -0.39 is 0 Å². The zero-order chi connectivity index (χ0) is 15.5. The second-order valence-corrected chi connectivity index (χ2v) is 6.33. The van der Waals surface area contributed by atoms with Gasteiger partial charge in [0.05, 0.1) is 6.20 Å². The summed E-state index contributed by atoms with van der Waals surface area (Å²) < 4.78 is 0. The molecule has 1 aliphatic heterocycles. The predicted octanol–water partition coefficient (Wildman–Crippen LogP) is 1.95. The number of likely N-dealkylation sites (tertiary alicyclic amines) is 1. The van der Waals surface area contributed by atoms with Gasteiger partial charge >= 0.3 is 0 Å². The van der Waals surface area contributed by atoms with Gasteiger partial charge in [-0.1, -0.05) is 0 Å². The molecule has 6 heteroatoms. The number of aromatic amines is 1. The first-order valence-corrected chi connectivity index (χ1v) is 7.84. The highest BCUT2D eigenvalue weighted by atomic mass is 15.2. The lowest BCUT2D eigenvalue weighted by atomic mass is 9.93. The van der Waals surface area contributed by atoms with Gasteiger partial charge in [-0.25, -0.2) is 9.97 Å². The van der Waals surface area contributed by atoms with Crippen LogP contribution in [0.4, 0.5) is 5.95 Å². The summed E-state index contributed by atoms with van der Waals surface area (Å²) in [6.07, 6.45) is 8.25. The molecular formula is C16H24N6. The molecule has 0 spiro atoms. The summed E-state index contributed by atoms with van der Waals surface area (Å²) in [5.74, 6) is 1.31. The van der Waals surface area contributed by atoms with E-state index in [1.807, 2.05) is 37.6 Å². The Morgan fingerprint density at radius 1 is 1.27 bits per heavy atom. The third kappa shape index (κ3) is 3.27. The molecule has 0 amide bonds. The van der Waals surface area contributed by atoms with Gasteiger partial charge in [0, 0.05) is 56.8 Å². The Kier molecular flexibility index (Phi) is 4.38. The number of piperidine rings is 1. The Morgan fingerprint density at radius 3 is 2.68 bits per heavy atom. The molecule has 0 saturated carbocycles. The van der Waals surface area contributed by atoms with Crippen molar-refractivity contribution in [1.29, 1.82) is 0 Å². The summed E-state index contributed by atoms with van der Waals surface area (Å²) >= 11 is 0. The second-order valence-electron chi connectivity index (χ2n) is 6.33. The van der Waals surface area contributed by atoms with Crippen LogP contribution in [0, 0.1) is 6.92 Å². The Labute approximate surface area is 131 Å². The smallest absolute Gasteiger partial charge is 0.224 e. The number of hydrogen-bond donors (Lipinski definition) is 1. The number of nitrogens with one attached hydrogen (secondary N) is 1. The van der Waals surface area contributed by atoms with Gasteiger partial charge in [0.25, 0.3) is 0 Å². The van der Waals surface area contributed by atoms with Crippen LogP contribution in [0.1, 0.15) is 35.6 Å². The topological polar surface area (TPSA) is 60.9 Å². The van der Waals surface area contributed by atoms with Crippen molar-refractivity contribution in [2.24, 2.45) is 0 Å². The maximum Gasteiger partial charge on any atom is 0.224 e. The molecule has 3 rings (SSSR count). The largest absolute Gasteiger partial charge is 0.347 e. The minimum Gasteiger partial charge on any atom is -0.347 e. The average molecular weight is 300 g/mol. The van der Waals surface area contributed by atoms with Crippen LogP contribution in [0.15, 0.2) is 18.6 Å². The number of aromatic nitrogens is 4. The standard InChI is InChI=1S/C16H24N6/c1-12-7-19-20-15(12)14-5-4-6-22(11-14)10-13-8-17-16(18-9-13)21(2)3/h7-9,14H,4-6,10-11H2,1-3H3,(H,19,20)/t14-/m1/s1. The molecule has 2 aromatic rings. The number of hydrogen-bond acceptors (Lipinski definition) is 5. The zero-order valence-corrected chi connectivity index (χ0v) is 13.6. The molecule has 0 aromatic carbocycles. The summed E-state index contributed by atoms with van der Waals surface area (Å²) in [6.45, 7) is 5.25. The van der Waals surface area contributed by atoms with Crippen LogP contribution in [-0.4, -0.2) is 52.3 Å². The van der Waals surface area contributed by atoms with E-state index in [0.717, 1.165) is 25.6 Å². The number of anilines is 1. The Bertz CT molecular complexity index is 603. The molecule has 1 N–H and O–H groups in total. The van der Waals surface area contributed by atoms with Crippen molar-refractivity contribution in [2.45, 2.75) is 32.2 Å². The lowest BCUT2D eigenvalue weighted by molar-refractivity contribution is 0.198. The minimum absolute atomic E-state index is 0.554. The quantitative estimate of drug-likeness (QED) is 0.935. The maximum atomic E-state index is 4.40. The van der Waals surface area contributed by atoms with Gasteiger partial charge in [0.15, 0.2) is 0 Å². The van der Waals surface area contributed by atoms with Crippen LogP contribution in [0.3, 0.4) is 0 Å². The van der Waals surface area contributed by atoms with Gasteiger partial charge in [-0.05, 0) is 31.9 Å². The van der Waals surface area contributed by atoms with E-state index in [1.165, 1.54) is 29.7 Å². The molecule has 3 heterocycles. The zero-order valence-electron chi connectivity index (χ0n) is 13.6. The fourth-order valence-electron chi connectivity index (χ4n) is 3.12. The summed E-state index contributed by atoms with van der Waals surface area (Å²) in [7, 11) is 3.91. The van der Waals surface area contributed by atoms with Crippen molar-refractivity contribution in [3.05, 3.63) is 35.4 Å². The van der Waals surface area contributed by atoms with Gasteiger partial charge in [-0.2, -0.15) is 5.10 Å². The van der Waals surface area contributed by atoms with Gasteiger partial charge in [-0.3, -0.25) is 10.00 Å². The highest BCUT2D eigenvalue weighted by molar-refractivity contribution is 5.26. The SMILES string of the molecule is Cc1cn[nH]c1[C@@H]1CCCN(Cc2cnc(N(C)C)nc2)C1. The van der Waals surface area contributed by atoms with E-state index in [9.17, 15) is 0 Å². The van der Waals surface area contributed by atoms with Crippen LogP contribution >= 0.6 is 0 Å². The average Bonchev–Trinajstić information content (AvgIpc) is 2.94. The van der Waals surface area contributed by atoms with Crippen LogP contribution in [0.5, 0.6) is 0 Å². The number of aryl methyl sites for hydroxylation is 1. The number of H-pyrrole nitrogens is 1. The third-order valence-electron chi connectivity index (χ3n) is 4.28. The van der Waals surface area contributed by atoms with E-state index in [4.69, 9.17) is 0 Å². The molecule has 0 aliphatic carbocycles. The first kappa shape index (κ1) is 15.0. The Balaban J connectivity index is 1.64. The van der Waals surface area contributed by atoms with E-state index in [-0.39, 0.29) is 0 Å². The molecule has 6 nitrogen and oxygen atoms in total. The molecule has 118 valence electrons. The van der Waals surface area contributed by atoms with Crippen molar-refractivity contribution in [2.75, 3.05) is 32.1 Å². The first-order valence-electron chi connectivity index (χ1n) is 7.84. The van der Waals surface area contributed by atoms with Crippen molar-refractivity contribution in [3.8, 4) is 0 Å². The molecule has 1 fully saturated rings. The van der Waals surface area contributed by atoms with Crippen LogP contribution in [0.25, 0.3) is 0 Å². The fraction of sp³-hybridized carbons (Fsp3) is 0.562. The Hall–Kier alpha value is -1.95. The van der Waals surface area contributed by atoms with Crippen molar-refractivity contribution in [1.82, 2.24) is 25.1 Å². The monoisotopic (exact) mass is 300 g/mol. The highest BCUT2D eigenvalue weighted by Gasteiger charge is 2.23. The van der Waals surface area contributed by atoms with Gasteiger partial charge in [0.2, 0.25) is 5.95 Å². The molecular weight excluding hydrogens is 276 g/mol. The Morgan fingerprint density at radius 2 is 2.05 bits per heavy atom. The summed E-state index contributed by atoms with van der Waals surface area (Å²) in [5.41, 5.74) is 3.74. The van der Waals surface area contributed by atoms with Crippen LogP contribution in [-0.2, 0) is 6.54 Å². The normalized spacial score (nSPS) is 19.3. The highest BCUT2D eigenvalue weighted by Crippen LogP contribution is 2.28. The van der Waals surface area contributed by atoms with E-state index in [1.54, 1.807) is 0 Å². The van der Waals surface area contributed by atoms with Crippen LogP contribution in [0.2, 0.25) is 0 Å². The maximum absolute atomic E-state index is 4.40. The van der Waals surface area contributed by atoms with Gasteiger partial charge in [0.1, 0.15) is 0 Å². The molecule has 0 unspecified atom stereocenters. The lowest BCUT2D eigenvalue weighted by Crippen LogP contribution is -2.34. The fourth-order valence-corrected chi connectivity index (χ4v) is 3.12. The van der Waals surface area contributed by atoms with E-state index >= 15 is 0 Å². The summed E-state index contributed by atoms with van der Waals surface area (Å²) in [5, 5.41) is 7.34. The van der Waals surface area contributed by atoms with E-state index in [2.05, 4.69) is 32.0 Å². The van der Waals surface area contributed by atoms with Crippen molar-refractivity contribution in [3.63, 3.8) is 0 Å². The molecule has 22 heavy (non-hydrogen) atoms. The molecule has 0 bridgehead atoms. The molecule has 1 saturated heterocycles. The van der Waals surface area contributed by atoms with E-state index in [0.29, 0.717) is 5.92 Å². The molecule has 2 aromatic heterocycles. The van der Waals surface area contributed by atoms with Crippen LogP contribution < -0.4 is 4.90 Å². The lowest BCUT2D eigenvalue weighted by Gasteiger charge is -2.32. The first-order chi connectivity index (χ1) is 10.6. The molecule has 1 atom stereocenters. The predicted molar refractivity (Wildman–Crippen MR) is 86.9 cm³/mol. The molecule has 1 aliphatic rings. The van der Waals surface area contributed by atoms with Gasteiger partial charge < -0.3 is 4.90 Å². The summed E-state index contributed by atoms with van der Waals surface area (Å²) in [4.78, 5) is 13.2. The molecule has 0 radical (unpaired) electrons. The number of rotatable bonds is 4. The summed E-state index contributed by atoms with van der Waals surface area (Å²) in [6, 6.07) is 0. The number of nitrogens with zero attached hydrogens (tertiary/aromatic N) is 5. The van der Waals surface area contributed by atoms with Crippen molar-refractivity contribution >= 4 is 5.95 Å². The van der Waals surface area contributed by atoms with Gasteiger partial charge in [-0.15, -0.1) is 0 Å².